The van der Waals surface area contributed by atoms with Gasteiger partial charge in [-0.1, -0.05) is 12.1 Å². The summed E-state index contributed by atoms with van der Waals surface area (Å²) in [6.07, 6.45) is 1.17. The van der Waals surface area contributed by atoms with Crippen molar-refractivity contribution in [2.45, 2.75) is 0 Å². The Morgan fingerprint density at radius 1 is 1.37 bits per heavy atom. The van der Waals surface area contributed by atoms with E-state index in [0.29, 0.717) is 17.9 Å². The van der Waals surface area contributed by atoms with Crippen LogP contribution in [0.5, 0.6) is 0 Å². The molecular weight excluding hydrogens is 266 g/mol. The summed E-state index contributed by atoms with van der Waals surface area (Å²) >= 11 is 0. The number of benzene rings is 1. The Balaban J connectivity index is 2.45. The van der Waals surface area contributed by atoms with E-state index in [4.69, 9.17) is 5.73 Å². The topological polar surface area (TPSA) is 92.5 Å². The van der Waals surface area contributed by atoms with Gasteiger partial charge >= 0.3 is 0 Å². The highest BCUT2D eigenvalue weighted by Gasteiger charge is 2.10. The van der Waals surface area contributed by atoms with E-state index in [-0.39, 0.29) is 18.2 Å². The first-order chi connectivity index (χ1) is 8.78. The minimum Gasteiger partial charge on any atom is -0.397 e. The monoisotopic (exact) mass is 285 g/mol. The predicted molar refractivity (Wildman–Crippen MR) is 76.7 cm³/mol. The molecule has 0 aliphatic carbocycles. The molecule has 0 saturated heterocycles. The van der Waals surface area contributed by atoms with Gasteiger partial charge in [0.05, 0.1) is 23.7 Å². The van der Waals surface area contributed by atoms with Crippen LogP contribution in [-0.4, -0.2) is 51.4 Å². The highest BCUT2D eigenvalue weighted by Crippen LogP contribution is 2.16. The molecule has 1 aromatic carbocycles. The molecule has 1 amide bonds. The van der Waals surface area contributed by atoms with Crippen molar-refractivity contribution >= 4 is 27.1 Å². The number of carbonyl (C=O) groups excluding carboxylic acids is 1. The maximum absolute atomic E-state index is 11.7. The Kier molecular flexibility index (Phi) is 5.31. The van der Waals surface area contributed by atoms with Crippen molar-refractivity contribution in [2.24, 2.45) is 0 Å². The van der Waals surface area contributed by atoms with Crippen molar-refractivity contribution in [1.29, 1.82) is 0 Å². The highest BCUT2D eigenvalue weighted by atomic mass is 32.2. The molecule has 0 heterocycles. The van der Waals surface area contributed by atoms with Gasteiger partial charge in [-0.05, 0) is 19.2 Å². The first-order valence-electron chi connectivity index (χ1n) is 5.78. The standard InChI is InChI=1S/C12H19N3O3S/c1-15(7-8-19(2,17)18)9-12(16)14-11-6-4-3-5-10(11)13/h3-6H,7-9,13H2,1-2H3,(H,14,16). The maximum Gasteiger partial charge on any atom is 0.238 e. The van der Waals surface area contributed by atoms with Gasteiger partial charge in [-0.15, -0.1) is 0 Å². The maximum atomic E-state index is 11.7. The first kappa shape index (κ1) is 15.5. The molecule has 0 aliphatic rings. The van der Waals surface area contributed by atoms with Crippen LogP contribution in [0, 0.1) is 0 Å². The number of rotatable bonds is 6. The van der Waals surface area contributed by atoms with Crippen LogP contribution in [-0.2, 0) is 14.6 Å². The van der Waals surface area contributed by atoms with E-state index < -0.39 is 9.84 Å². The van der Waals surface area contributed by atoms with Gasteiger partial charge in [-0.25, -0.2) is 8.42 Å². The van der Waals surface area contributed by atoms with Crippen LogP contribution in [0.3, 0.4) is 0 Å². The zero-order valence-corrected chi connectivity index (χ0v) is 11.9. The molecule has 0 saturated carbocycles. The average Bonchev–Trinajstić information content (AvgIpc) is 2.29. The molecule has 7 heteroatoms. The fourth-order valence-corrected chi connectivity index (χ4v) is 2.09. The van der Waals surface area contributed by atoms with E-state index in [2.05, 4.69) is 5.32 Å². The Morgan fingerprint density at radius 3 is 2.58 bits per heavy atom. The zero-order chi connectivity index (χ0) is 14.5. The minimum absolute atomic E-state index is 0.0320. The van der Waals surface area contributed by atoms with E-state index >= 15 is 0 Å². The Morgan fingerprint density at radius 2 is 2.00 bits per heavy atom. The third-order valence-corrected chi connectivity index (χ3v) is 3.42. The smallest absolute Gasteiger partial charge is 0.238 e. The molecule has 1 rings (SSSR count). The molecule has 0 aliphatic heterocycles. The van der Waals surface area contributed by atoms with Gasteiger partial charge in [-0.2, -0.15) is 0 Å². The van der Waals surface area contributed by atoms with Gasteiger partial charge in [0.15, 0.2) is 0 Å². The first-order valence-corrected chi connectivity index (χ1v) is 7.84. The summed E-state index contributed by atoms with van der Waals surface area (Å²) in [5, 5.41) is 2.68. The fourth-order valence-electron chi connectivity index (χ4n) is 1.45. The van der Waals surface area contributed by atoms with Crippen LogP contribution in [0.2, 0.25) is 0 Å². The SMILES string of the molecule is CN(CCS(C)(=O)=O)CC(=O)Nc1ccccc1N. The quantitative estimate of drug-likeness (QED) is 0.728. The second-order valence-electron chi connectivity index (χ2n) is 4.50. The number of para-hydroxylation sites is 2. The Hall–Kier alpha value is -1.60. The van der Waals surface area contributed by atoms with Crippen molar-refractivity contribution < 1.29 is 13.2 Å². The van der Waals surface area contributed by atoms with Crippen LogP contribution < -0.4 is 11.1 Å². The second-order valence-corrected chi connectivity index (χ2v) is 6.76. The summed E-state index contributed by atoms with van der Waals surface area (Å²) in [6.45, 7) is 0.431. The molecule has 0 spiro atoms. The molecule has 0 atom stereocenters. The van der Waals surface area contributed by atoms with E-state index in [1.54, 1.807) is 36.2 Å². The number of nitrogens with one attached hydrogen (secondary N) is 1. The molecule has 0 aromatic heterocycles. The molecule has 1 aromatic rings. The number of nitrogen functional groups attached to an aromatic ring is 1. The third-order valence-electron chi connectivity index (χ3n) is 2.49. The van der Waals surface area contributed by atoms with Crippen LogP contribution in [0.4, 0.5) is 11.4 Å². The number of nitrogens with two attached hydrogens (primary N) is 1. The summed E-state index contributed by atoms with van der Waals surface area (Å²) in [7, 11) is -1.32. The average molecular weight is 285 g/mol. The number of hydrogen-bond acceptors (Lipinski definition) is 5. The molecule has 0 bridgehead atoms. The summed E-state index contributed by atoms with van der Waals surface area (Å²) < 4.78 is 22.0. The van der Waals surface area contributed by atoms with E-state index in [1.165, 1.54) is 6.26 Å². The summed E-state index contributed by atoms with van der Waals surface area (Å²) in [5.41, 5.74) is 6.76. The van der Waals surface area contributed by atoms with Crippen molar-refractivity contribution in [1.82, 2.24) is 4.90 Å². The number of hydrogen-bond donors (Lipinski definition) is 2. The van der Waals surface area contributed by atoms with Gasteiger partial charge in [0.2, 0.25) is 5.91 Å². The summed E-state index contributed by atoms with van der Waals surface area (Å²) in [6, 6.07) is 6.97. The molecule has 6 nitrogen and oxygen atoms in total. The second kappa shape index (κ2) is 6.53. The lowest BCUT2D eigenvalue weighted by Gasteiger charge is -2.16. The molecule has 106 valence electrons. The van der Waals surface area contributed by atoms with Crippen molar-refractivity contribution in [3.63, 3.8) is 0 Å². The molecular formula is C12H19N3O3S. The normalized spacial score (nSPS) is 11.5. The predicted octanol–water partition coefficient (Wildman–Crippen LogP) is 0.184. The number of anilines is 2. The van der Waals surface area contributed by atoms with Crippen LogP contribution in [0.25, 0.3) is 0 Å². The highest BCUT2D eigenvalue weighted by molar-refractivity contribution is 7.90. The van der Waals surface area contributed by atoms with Gasteiger partial charge in [0, 0.05) is 12.8 Å². The number of amides is 1. The number of carbonyl (C=O) groups is 1. The van der Waals surface area contributed by atoms with Crippen LogP contribution in [0.15, 0.2) is 24.3 Å². The molecule has 0 radical (unpaired) electrons. The molecule has 3 N–H and O–H groups in total. The molecule has 0 fully saturated rings. The number of likely N-dealkylation sites (N-methyl/N-ethyl adjacent to an activating group) is 1. The minimum atomic E-state index is -3.01. The summed E-state index contributed by atoms with van der Waals surface area (Å²) in [4.78, 5) is 13.4. The zero-order valence-electron chi connectivity index (χ0n) is 11.1. The fraction of sp³-hybridized carbons (Fsp3) is 0.417. The van der Waals surface area contributed by atoms with Crippen LogP contribution >= 0.6 is 0 Å². The van der Waals surface area contributed by atoms with Crippen LogP contribution in [0.1, 0.15) is 0 Å². The Bertz CT molecular complexity index is 543. The lowest BCUT2D eigenvalue weighted by atomic mass is 10.2. The van der Waals surface area contributed by atoms with Gasteiger partial charge in [0.1, 0.15) is 9.84 Å². The molecule has 0 unspecified atom stereocenters. The van der Waals surface area contributed by atoms with Gasteiger partial charge < -0.3 is 11.1 Å². The third kappa shape index (κ3) is 6.21. The largest absolute Gasteiger partial charge is 0.397 e. The van der Waals surface area contributed by atoms with Crippen molar-refractivity contribution in [3.05, 3.63) is 24.3 Å². The van der Waals surface area contributed by atoms with E-state index in [1.807, 2.05) is 0 Å². The Labute approximate surface area is 113 Å². The van der Waals surface area contributed by atoms with E-state index in [9.17, 15) is 13.2 Å². The number of nitrogens with zero attached hydrogens (tertiary/aromatic N) is 1. The lowest BCUT2D eigenvalue weighted by Crippen LogP contribution is -2.33. The van der Waals surface area contributed by atoms with E-state index in [0.717, 1.165) is 0 Å². The van der Waals surface area contributed by atoms with Gasteiger partial charge in [0.25, 0.3) is 0 Å². The van der Waals surface area contributed by atoms with Crippen molar-refractivity contribution in [2.75, 3.05) is 43.2 Å². The van der Waals surface area contributed by atoms with Gasteiger partial charge in [-0.3, -0.25) is 9.69 Å². The summed E-state index contributed by atoms with van der Waals surface area (Å²) in [5.74, 6) is -0.196. The lowest BCUT2D eigenvalue weighted by molar-refractivity contribution is -0.117. The van der Waals surface area contributed by atoms with Crippen molar-refractivity contribution in [3.8, 4) is 0 Å². The number of sulfone groups is 1. The molecule has 19 heavy (non-hydrogen) atoms.